The number of hydrogen-bond donors (Lipinski definition) is 2. The standard InChI is InChI=1S/C15H21NO2S/c1-3-12(4-2)11-16-15(18)14-13(8-10-19-14)7-5-6-9-17/h8,10,12,17H,3-4,6,9,11H2,1-2H3,(H,16,18). The van der Waals surface area contributed by atoms with Crippen molar-refractivity contribution >= 4 is 17.2 Å². The summed E-state index contributed by atoms with van der Waals surface area (Å²) in [5, 5.41) is 13.5. The summed E-state index contributed by atoms with van der Waals surface area (Å²) in [4.78, 5) is 12.7. The first kappa shape index (κ1) is 15.7. The van der Waals surface area contributed by atoms with Crippen molar-refractivity contribution in [3.05, 3.63) is 21.9 Å². The van der Waals surface area contributed by atoms with Crippen LogP contribution in [0.2, 0.25) is 0 Å². The van der Waals surface area contributed by atoms with Crippen LogP contribution >= 0.6 is 11.3 Å². The van der Waals surface area contributed by atoms with Gasteiger partial charge in [0.25, 0.3) is 5.91 Å². The molecule has 0 spiro atoms. The SMILES string of the molecule is CCC(CC)CNC(=O)c1sccc1C#CCCO. The Morgan fingerprint density at radius 1 is 1.47 bits per heavy atom. The molecule has 0 radical (unpaired) electrons. The highest BCUT2D eigenvalue weighted by Crippen LogP contribution is 2.16. The molecular weight excluding hydrogens is 258 g/mol. The van der Waals surface area contributed by atoms with Gasteiger partial charge in [-0.15, -0.1) is 11.3 Å². The fraction of sp³-hybridized carbons (Fsp3) is 0.533. The maximum atomic E-state index is 12.1. The van der Waals surface area contributed by atoms with Gasteiger partial charge in [-0.1, -0.05) is 38.5 Å². The molecular formula is C15H21NO2S. The van der Waals surface area contributed by atoms with Gasteiger partial charge in [0.1, 0.15) is 4.88 Å². The summed E-state index contributed by atoms with van der Waals surface area (Å²) in [6.07, 6.45) is 2.58. The monoisotopic (exact) mass is 279 g/mol. The minimum absolute atomic E-state index is 0.0461. The minimum Gasteiger partial charge on any atom is -0.395 e. The van der Waals surface area contributed by atoms with Crippen molar-refractivity contribution in [2.45, 2.75) is 33.1 Å². The molecule has 1 amide bonds. The predicted octanol–water partition coefficient (Wildman–Crippen LogP) is 2.65. The van der Waals surface area contributed by atoms with Crippen LogP contribution < -0.4 is 5.32 Å². The van der Waals surface area contributed by atoms with E-state index in [1.165, 1.54) is 11.3 Å². The second-order valence-electron chi connectivity index (χ2n) is 4.33. The Labute approximate surface area is 119 Å². The first-order valence-corrected chi connectivity index (χ1v) is 7.56. The van der Waals surface area contributed by atoms with E-state index in [1.54, 1.807) is 0 Å². The lowest BCUT2D eigenvalue weighted by Gasteiger charge is -2.12. The zero-order chi connectivity index (χ0) is 14.1. The van der Waals surface area contributed by atoms with Crippen LogP contribution in [0.4, 0.5) is 0 Å². The van der Waals surface area contributed by atoms with Gasteiger partial charge >= 0.3 is 0 Å². The van der Waals surface area contributed by atoms with Crippen LogP contribution in [0.25, 0.3) is 0 Å². The van der Waals surface area contributed by atoms with E-state index in [0.29, 0.717) is 23.8 Å². The average Bonchev–Trinajstić information content (AvgIpc) is 2.88. The van der Waals surface area contributed by atoms with E-state index in [9.17, 15) is 4.79 Å². The molecule has 0 atom stereocenters. The van der Waals surface area contributed by atoms with Crippen LogP contribution in [0.15, 0.2) is 11.4 Å². The number of thiophene rings is 1. The Morgan fingerprint density at radius 3 is 2.84 bits per heavy atom. The van der Waals surface area contributed by atoms with Gasteiger partial charge in [0, 0.05) is 18.5 Å². The summed E-state index contributed by atoms with van der Waals surface area (Å²) in [6, 6.07) is 1.85. The van der Waals surface area contributed by atoms with E-state index < -0.39 is 0 Å². The van der Waals surface area contributed by atoms with E-state index in [2.05, 4.69) is 31.0 Å². The molecule has 0 aliphatic heterocycles. The van der Waals surface area contributed by atoms with Crippen LogP contribution in [0.5, 0.6) is 0 Å². The third-order valence-electron chi connectivity index (χ3n) is 3.04. The molecule has 0 bridgehead atoms. The maximum Gasteiger partial charge on any atom is 0.262 e. The molecule has 0 aliphatic carbocycles. The van der Waals surface area contributed by atoms with Gasteiger partial charge in [0.05, 0.1) is 6.61 Å². The highest BCUT2D eigenvalue weighted by Gasteiger charge is 2.13. The van der Waals surface area contributed by atoms with Crippen LogP contribution in [0.3, 0.4) is 0 Å². The largest absolute Gasteiger partial charge is 0.395 e. The number of amides is 1. The first-order valence-electron chi connectivity index (χ1n) is 6.68. The lowest BCUT2D eigenvalue weighted by Crippen LogP contribution is -2.28. The normalized spacial score (nSPS) is 10.1. The second kappa shape index (κ2) is 8.73. The molecule has 104 valence electrons. The van der Waals surface area contributed by atoms with Gasteiger partial charge in [0.2, 0.25) is 0 Å². The number of nitrogens with one attached hydrogen (secondary N) is 1. The quantitative estimate of drug-likeness (QED) is 0.787. The van der Waals surface area contributed by atoms with Gasteiger partial charge in [-0.05, 0) is 17.4 Å². The van der Waals surface area contributed by atoms with E-state index in [0.717, 1.165) is 18.4 Å². The van der Waals surface area contributed by atoms with E-state index in [-0.39, 0.29) is 12.5 Å². The maximum absolute atomic E-state index is 12.1. The number of aliphatic hydroxyl groups excluding tert-OH is 1. The molecule has 1 aromatic rings. The Bertz CT molecular complexity index is 452. The van der Waals surface area contributed by atoms with Crippen molar-refractivity contribution in [2.24, 2.45) is 5.92 Å². The van der Waals surface area contributed by atoms with Crippen LogP contribution in [-0.4, -0.2) is 24.2 Å². The third kappa shape index (κ3) is 5.06. The highest BCUT2D eigenvalue weighted by molar-refractivity contribution is 7.12. The lowest BCUT2D eigenvalue weighted by molar-refractivity contribution is 0.0950. The number of carbonyl (C=O) groups is 1. The summed E-state index contributed by atoms with van der Waals surface area (Å²) < 4.78 is 0. The van der Waals surface area contributed by atoms with E-state index in [1.807, 2.05) is 11.4 Å². The van der Waals surface area contributed by atoms with Crippen molar-refractivity contribution in [3.63, 3.8) is 0 Å². The predicted molar refractivity (Wildman–Crippen MR) is 79.3 cm³/mol. The van der Waals surface area contributed by atoms with Gasteiger partial charge in [-0.3, -0.25) is 4.79 Å². The molecule has 0 unspecified atom stereocenters. The summed E-state index contributed by atoms with van der Waals surface area (Å²) in [5.41, 5.74) is 0.750. The molecule has 4 heteroatoms. The Morgan fingerprint density at radius 2 is 2.21 bits per heavy atom. The zero-order valence-electron chi connectivity index (χ0n) is 11.5. The van der Waals surface area contributed by atoms with Crippen molar-refractivity contribution in [1.82, 2.24) is 5.32 Å². The van der Waals surface area contributed by atoms with Crippen molar-refractivity contribution in [3.8, 4) is 11.8 Å². The molecule has 1 rings (SSSR count). The lowest BCUT2D eigenvalue weighted by atomic mass is 10.0. The summed E-state index contributed by atoms with van der Waals surface area (Å²) in [5.74, 6) is 6.27. The smallest absolute Gasteiger partial charge is 0.262 e. The molecule has 0 saturated heterocycles. The van der Waals surface area contributed by atoms with Crippen LogP contribution in [-0.2, 0) is 0 Å². The summed E-state index contributed by atoms with van der Waals surface area (Å²) in [6.45, 7) is 5.04. The topological polar surface area (TPSA) is 49.3 Å². The fourth-order valence-corrected chi connectivity index (χ4v) is 2.46. The summed E-state index contributed by atoms with van der Waals surface area (Å²) in [7, 11) is 0. The molecule has 0 aromatic carbocycles. The van der Waals surface area contributed by atoms with Crippen LogP contribution in [0.1, 0.15) is 48.3 Å². The number of carbonyl (C=O) groups excluding carboxylic acids is 1. The fourth-order valence-electron chi connectivity index (χ4n) is 1.69. The number of aliphatic hydroxyl groups is 1. The molecule has 1 heterocycles. The Hall–Kier alpha value is -1.31. The molecule has 19 heavy (non-hydrogen) atoms. The van der Waals surface area contributed by atoms with Crippen LogP contribution in [0, 0.1) is 17.8 Å². The number of rotatable bonds is 6. The van der Waals surface area contributed by atoms with Gasteiger partial charge in [-0.2, -0.15) is 0 Å². The van der Waals surface area contributed by atoms with E-state index in [4.69, 9.17) is 5.11 Å². The van der Waals surface area contributed by atoms with Gasteiger partial charge in [-0.25, -0.2) is 0 Å². The Balaban J connectivity index is 2.63. The first-order chi connectivity index (χ1) is 9.22. The molecule has 0 aliphatic rings. The minimum atomic E-state index is -0.0461. The van der Waals surface area contributed by atoms with Crippen molar-refractivity contribution < 1.29 is 9.90 Å². The zero-order valence-corrected chi connectivity index (χ0v) is 12.3. The van der Waals surface area contributed by atoms with E-state index >= 15 is 0 Å². The van der Waals surface area contributed by atoms with Crippen molar-refractivity contribution in [2.75, 3.05) is 13.2 Å². The molecule has 3 nitrogen and oxygen atoms in total. The Kier molecular flexibility index (Phi) is 7.24. The van der Waals surface area contributed by atoms with Crippen molar-refractivity contribution in [1.29, 1.82) is 0 Å². The van der Waals surface area contributed by atoms with Gasteiger partial charge < -0.3 is 10.4 Å². The second-order valence-corrected chi connectivity index (χ2v) is 5.25. The average molecular weight is 279 g/mol. The molecule has 0 saturated carbocycles. The summed E-state index contributed by atoms with van der Waals surface area (Å²) >= 11 is 1.41. The van der Waals surface area contributed by atoms with Gasteiger partial charge in [0.15, 0.2) is 0 Å². The third-order valence-corrected chi connectivity index (χ3v) is 3.95. The molecule has 1 aromatic heterocycles. The molecule has 0 fully saturated rings. The number of hydrogen-bond acceptors (Lipinski definition) is 3. The molecule has 2 N–H and O–H groups in total. The highest BCUT2D eigenvalue weighted by atomic mass is 32.1.